The monoisotopic (exact) mass is 311 g/mol. The Labute approximate surface area is 132 Å². The average molecular weight is 311 g/mol. The molecule has 2 aliphatic rings. The molecule has 0 aromatic heterocycles. The van der Waals surface area contributed by atoms with Gasteiger partial charge in [-0.05, 0) is 50.7 Å². The number of hydrogen-bond donors (Lipinski definition) is 1. The molecule has 1 aliphatic carbocycles. The summed E-state index contributed by atoms with van der Waals surface area (Å²) in [6.45, 7) is 2.46. The smallest absolute Gasteiger partial charge is 0.267 e. The van der Waals surface area contributed by atoms with Gasteiger partial charge in [0.2, 0.25) is 0 Å². The van der Waals surface area contributed by atoms with Crippen LogP contribution in [-0.2, 0) is 9.53 Å². The van der Waals surface area contributed by atoms with Gasteiger partial charge in [-0.25, -0.2) is 5.01 Å². The van der Waals surface area contributed by atoms with Crippen molar-refractivity contribution in [1.82, 2.24) is 15.3 Å². The second kappa shape index (κ2) is 8.34. The van der Waals surface area contributed by atoms with E-state index < -0.39 is 0 Å². The van der Waals surface area contributed by atoms with Crippen LogP contribution in [0.5, 0.6) is 0 Å². The maximum atomic E-state index is 11.9. The normalized spacial score (nSPS) is 18.6. The standard InChI is InChI=1S/C15H25N3O2S/c1-20-12-14(19)17-10-5-11-18(17)15(21)16-9-8-13-6-3-2-4-7-13/h6H,2-5,7-12H2,1H3,(H,16,21). The number of hydrazine groups is 1. The molecule has 1 N–H and O–H groups in total. The summed E-state index contributed by atoms with van der Waals surface area (Å²) in [5, 5.41) is 7.49. The third kappa shape index (κ3) is 4.68. The fraction of sp³-hybridized carbons (Fsp3) is 0.733. The Morgan fingerprint density at radius 3 is 2.86 bits per heavy atom. The van der Waals surface area contributed by atoms with Gasteiger partial charge in [-0.3, -0.25) is 9.80 Å². The molecule has 0 atom stereocenters. The van der Waals surface area contributed by atoms with Crippen molar-refractivity contribution in [3.05, 3.63) is 11.6 Å². The van der Waals surface area contributed by atoms with Gasteiger partial charge in [0, 0.05) is 26.7 Å². The van der Waals surface area contributed by atoms with E-state index in [0.717, 1.165) is 32.5 Å². The highest BCUT2D eigenvalue weighted by Crippen LogP contribution is 2.19. The summed E-state index contributed by atoms with van der Waals surface area (Å²) in [4.78, 5) is 11.9. The van der Waals surface area contributed by atoms with Crippen LogP contribution in [0, 0.1) is 0 Å². The first-order chi connectivity index (χ1) is 10.2. The van der Waals surface area contributed by atoms with Gasteiger partial charge in [0.25, 0.3) is 5.91 Å². The highest BCUT2D eigenvalue weighted by atomic mass is 32.1. The van der Waals surface area contributed by atoms with E-state index >= 15 is 0 Å². The summed E-state index contributed by atoms with van der Waals surface area (Å²) in [5.74, 6) is -0.0332. The molecular weight excluding hydrogens is 286 g/mol. The van der Waals surface area contributed by atoms with Crippen LogP contribution in [0.1, 0.15) is 38.5 Å². The molecule has 118 valence electrons. The maximum Gasteiger partial charge on any atom is 0.267 e. The number of ether oxygens (including phenoxy) is 1. The lowest BCUT2D eigenvalue weighted by atomic mass is 9.97. The van der Waals surface area contributed by atoms with Crippen LogP contribution in [0.4, 0.5) is 0 Å². The molecule has 0 bridgehead atoms. The summed E-state index contributed by atoms with van der Waals surface area (Å²) >= 11 is 5.42. The Morgan fingerprint density at radius 2 is 2.14 bits per heavy atom. The third-order valence-electron chi connectivity index (χ3n) is 3.93. The number of thiocarbonyl (C=S) groups is 1. The highest BCUT2D eigenvalue weighted by molar-refractivity contribution is 7.80. The van der Waals surface area contributed by atoms with E-state index in [-0.39, 0.29) is 12.5 Å². The molecule has 1 saturated heterocycles. The minimum Gasteiger partial charge on any atom is -0.375 e. The number of carbonyl (C=O) groups is 1. The van der Waals surface area contributed by atoms with Crippen LogP contribution in [0.2, 0.25) is 0 Å². The second-order valence-corrected chi connectivity index (χ2v) is 5.90. The second-order valence-electron chi connectivity index (χ2n) is 5.52. The Bertz CT molecular complexity index is 412. The van der Waals surface area contributed by atoms with E-state index in [1.807, 2.05) is 5.01 Å². The number of rotatable bonds is 5. The van der Waals surface area contributed by atoms with Gasteiger partial charge in [-0.1, -0.05) is 11.6 Å². The number of allylic oxidation sites excluding steroid dienone is 1. The molecule has 6 heteroatoms. The summed E-state index contributed by atoms with van der Waals surface area (Å²) in [6, 6.07) is 0. The highest BCUT2D eigenvalue weighted by Gasteiger charge is 2.28. The number of amides is 1. The van der Waals surface area contributed by atoms with Gasteiger partial charge in [0.05, 0.1) is 0 Å². The van der Waals surface area contributed by atoms with Crippen molar-refractivity contribution in [2.45, 2.75) is 38.5 Å². The number of nitrogens with one attached hydrogen (secondary N) is 1. The van der Waals surface area contributed by atoms with Crippen molar-refractivity contribution < 1.29 is 9.53 Å². The van der Waals surface area contributed by atoms with Gasteiger partial charge in [0.1, 0.15) is 6.61 Å². The predicted octanol–water partition coefficient (Wildman–Crippen LogP) is 1.85. The van der Waals surface area contributed by atoms with Crippen LogP contribution in [0.15, 0.2) is 11.6 Å². The van der Waals surface area contributed by atoms with Gasteiger partial charge in [-0.2, -0.15) is 0 Å². The van der Waals surface area contributed by atoms with E-state index in [4.69, 9.17) is 17.0 Å². The summed E-state index contributed by atoms with van der Waals surface area (Å²) in [6.07, 6.45) is 9.41. The Balaban J connectivity index is 1.76. The summed E-state index contributed by atoms with van der Waals surface area (Å²) in [5.41, 5.74) is 1.53. The largest absolute Gasteiger partial charge is 0.375 e. The van der Waals surface area contributed by atoms with Gasteiger partial charge >= 0.3 is 0 Å². The SMILES string of the molecule is COCC(=O)N1CCCN1C(=S)NCCC1=CCCCC1. The number of carbonyl (C=O) groups excluding carboxylic acids is 1. The van der Waals surface area contributed by atoms with Crippen LogP contribution in [-0.4, -0.2) is 54.4 Å². The van der Waals surface area contributed by atoms with Crippen LogP contribution >= 0.6 is 12.2 Å². The lowest BCUT2D eigenvalue weighted by Gasteiger charge is -2.30. The molecule has 0 spiro atoms. The van der Waals surface area contributed by atoms with Crippen LogP contribution < -0.4 is 5.32 Å². The summed E-state index contributed by atoms with van der Waals surface area (Å²) in [7, 11) is 1.53. The molecule has 0 unspecified atom stereocenters. The average Bonchev–Trinajstić information content (AvgIpc) is 2.98. The molecule has 0 aromatic carbocycles. The minimum atomic E-state index is -0.0332. The molecule has 0 saturated carbocycles. The molecule has 1 aliphatic heterocycles. The molecule has 1 heterocycles. The fourth-order valence-corrected chi connectivity index (χ4v) is 3.13. The first-order valence-electron chi connectivity index (χ1n) is 7.75. The Morgan fingerprint density at radius 1 is 1.33 bits per heavy atom. The first-order valence-corrected chi connectivity index (χ1v) is 8.15. The molecule has 0 radical (unpaired) electrons. The zero-order valence-corrected chi connectivity index (χ0v) is 13.6. The van der Waals surface area contributed by atoms with Crippen molar-refractivity contribution in [2.75, 3.05) is 33.4 Å². The van der Waals surface area contributed by atoms with Crippen molar-refractivity contribution in [3.63, 3.8) is 0 Å². The quantitative estimate of drug-likeness (QED) is 0.620. The zero-order chi connectivity index (χ0) is 15.1. The van der Waals surface area contributed by atoms with Crippen LogP contribution in [0.3, 0.4) is 0 Å². The Kier molecular flexibility index (Phi) is 6.45. The Hall–Kier alpha value is -1.14. The number of methoxy groups -OCH3 is 1. The number of nitrogens with zero attached hydrogens (tertiary/aromatic N) is 2. The topological polar surface area (TPSA) is 44.8 Å². The van der Waals surface area contributed by atoms with Gasteiger partial charge in [-0.15, -0.1) is 0 Å². The van der Waals surface area contributed by atoms with Crippen molar-refractivity contribution in [1.29, 1.82) is 0 Å². The maximum absolute atomic E-state index is 11.9. The van der Waals surface area contributed by atoms with Gasteiger partial charge < -0.3 is 10.1 Å². The molecule has 1 amide bonds. The molecular formula is C15H25N3O2S. The molecule has 1 fully saturated rings. The fourth-order valence-electron chi connectivity index (χ4n) is 2.83. The first kappa shape index (κ1) is 16.2. The van der Waals surface area contributed by atoms with E-state index in [1.54, 1.807) is 5.01 Å². The molecule has 0 aromatic rings. The molecule has 2 rings (SSSR count). The third-order valence-corrected chi connectivity index (χ3v) is 4.28. The van der Waals surface area contributed by atoms with Crippen molar-refractivity contribution in [3.8, 4) is 0 Å². The molecule has 21 heavy (non-hydrogen) atoms. The predicted molar refractivity (Wildman–Crippen MR) is 86.7 cm³/mol. The minimum absolute atomic E-state index is 0.0332. The van der Waals surface area contributed by atoms with Gasteiger partial charge in [0.15, 0.2) is 5.11 Å². The lowest BCUT2D eigenvalue weighted by Crippen LogP contribution is -2.50. The summed E-state index contributed by atoms with van der Waals surface area (Å²) < 4.78 is 4.92. The van der Waals surface area contributed by atoms with E-state index in [1.165, 1.54) is 38.4 Å². The van der Waals surface area contributed by atoms with E-state index in [2.05, 4.69) is 11.4 Å². The van der Waals surface area contributed by atoms with Crippen LogP contribution in [0.25, 0.3) is 0 Å². The van der Waals surface area contributed by atoms with Crippen molar-refractivity contribution >= 4 is 23.2 Å². The van der Waals surface area contributed by atoms with E-state index in [9.17, 15) is 4.79 Å². The van der Waals surface area contributed by atoms with E-state index in [0.29, 0.717) is 5.11 Å². The zero-order valence-electron chi connectivity index (χ0n) is 12.8. The number of hydrogen-bond acceptors (Lipinski definition) is 3. The molecule has 5 nitrogen and oxygen atoms in total. The lowest BCUT2D eigenvalue weighted by molar-refractivity contribution is -0.142. The van der Waals surface area contributed by atoms with Crippen molar-refractivity contribution in [2.24, 2.45) is 0 Å².